The minimum Gasteiger partial charge on any atom is -0.346 e. The Bertz CT molecular complexity index is 339. The van der Waals surface area contributed by atoms with Crippen LogP contribution >= 0.6 is 0 Å². The number of rotatable bonds is 4. The van der Waals surface area contributed by atoms with Crippen molar-refractivity contribution in [3.63, 3.8) is 0 Å². The average Bonchev–Trinajstić information content (AvgIpc) is 2.27. The van der Waals surface area contributed by atoms with Crippen LogP contribution in [0.2, 0.25) is 0 Å². The largest absolute Gasteiger partial charge is 0.346 e. The molecule has 1 aromatic heterocycles. The van der Waals surface area contributed by atoms with Crippen LogP contribution in [0.1, 0.15) is 0 Å². The summed E-state index contributed by atoms with van der Waals surface area (Å²) < 4.78 is 0. The molecule has 0 aliphatic heterocycles. The number of pyridine rings is 1. The normalized spacial score (nSPS) is 9.40. The van der Waals surface area contributed by atoms with Gasteiger partial charge in [-0.3, -0.25) is 14.6 Å². The van der Waals surface area contributed by atoms with Gasteiger partial charge in [-0.25, -0.2) is 0 Å². The molecule has 0 spiro atoms. The molecule has 1 heterocycles. The van der Waals surface area contributed by atoms with Crippen molar-refractivity contribution in [1.29, 1.82) is 0 Å². The Balaban J connectivity index is 2.34. The van der Waals surface area contributed by atoms with E-state index in [1.165, 1.54) is 6.20 Å². The first-order valence-corrected chi connectivity index (χ1v) is 4.39. The van der Waals surface area contributed by atoms with Gasteiger partial charge in [0, 0.05) is 6.20 Å². The molecule has 0 fully saturated rings. The van der Waals surface area contributed by atoms with E-state index in [0.717, 1.165) is 0 Å². The zero-order valence-electron chi connectivity index (χ0n) is 8.06. The van der Waals surface area contributed by atoms with E-state index in [9.17, 15) is 9.59 Å². The van der Waals surface area contributed by atoms with Gasteiger partial charge < -0.3 is 16.4 Å². The minimum absolute atomic E-state index is 0.0923. The Morgan fingerprint density at radius 2 is 2.20 bits per heavy atom. The third-order valence-corrected chi connectivity index (χ3v) is 1.58. The van der Waals surface area contributed by atoms with Crippen LogP contribution in [0.25, 0.3) is 0 Å². The van der Waals surface area contributed by atoms with Gasteiger partial charge in [-0.1, -0.05) is 0 Å². The van der Waals surface area contributed by atoms with E-state index in [0.29, 0.717) is 5.69 Å². The molecule has 0 aromatic carbocycles. The molecule has 0 unspecified atom stereocenters. The zero-order valence-corrected chi connectivity index (χ0v) is 8.06. The van der Waals surface area contributed by atoms with Gasteiger partial charge in [-0.05, 0) is 12.1 Å². The van der Waals surface area contributed by atoms with Crippen LogP contribution in [0.3, 0.4) is 0 Å². The van der Waals surface area contributed by atoms with Gasteiger partial charge in [0.15, 0.2) is 0 Å². The average molecular weight is 208 g/mol. The topological polar surface area (TPSA) is 97.1 Å². The third-order valence-electron chi connectivity index (χ3n) is 1.58. The van der Waals surface area contributed by atoms with Crippen LogP contribution in [0.15, 0.2) is 24.5 Å². The molecule has 1 rings (SSSR count). The first kappa shape index (κ1) is 11.1. The highest BCUT2D eigenvalue weighted by atomic mass is 16.2. The molecule has 0 saturated carbocycles. The molecule has 80 valence electrons. The molecule has 4 N–H and O–H groups in total. The summed E-state index contributed by atoms with van der Waals surface area (Å²) in [5.41, 5.74) is 5.64. The number of amides is 2. The van der Waals surface area contributed by atoms with Crippen molar-refractivity contribution in [2.24, 2.45) is 5.73 Å². The lowest BCUT2D eigenvalue weighted by atomic mass is 10.4. The van der Waals surface area contributed by atoms with E-state index < -0.39 is 0 Å². The van der Waals surface area contributed by atoms with Gasteiger partial charge in [-0.15, -0.1) is 0 Å². The van der Waals surface area contributed by atoms with E-state index >= 15 is 0 Å². The number of anilines is 1. The van der Waals surface area contributed by atoms with Crippen LogP contribution in [0.4, 0.5) is 5.69 Å². The van der Waals surface area contributed by atoms with E-state index in [4.69, 9.17) is 5.73 Å². The number of hydrogen-bond acceptors (Lipinski definition) is 4. The Morgan fingerprint density at radius 1 is 1.40 bits per heavy atom. The number of hydrogen-bond donors (Lipinski definition) is 3. The Kier molecular flexibility index (Phi) is 4.24. The lowest BCUT2D eigenvalue weighted by Crippen LogP contribution is -2.36. The summed E-state index contributed by atoms with van der Waals surface area (Å²) in [5.74, 6) is -0.680. The number of carbonyl (C=O) groups excluding carboxylic acids is 2. The second-order valence-corrected chi connectivity index (χ2v) is 2.77. The van der Waals surface area contributed by atoms with Crippen molar-refractivity contribution in [3.05, 3.63) is 24.5 Å². The molecule has 15 heavy (non-hydrogen) atoms. The summed E-state index contributed by atoms with van der Waals surface area (Å²) in [6.07, 6.45) is 3.12. The van der Waals surface area contributed by atoms with Gasteiger partial charge in [0.1, 0.15) is 0 Å². The Hall–Kier alpha value is -1.95. The monoisotopic (exact) mass is 208 g/mol. The summed E-state index contributed by atoms with van der Waals surface area (Å²) in [6, 6.07) is 3.41. The highest BCUT2D eigenvalue weighted by Crippen LogP contribution is 2.01. The predicted octanol–water partition coefficient (Wildman–Crippen LogP) is -0.905. The summed E-state index contributed by atoms with van der Waals surface area (Å²) in [5, 5.41) is 4.92. The molecule has 0 saturated heterocycles. The van der Waals surface area contributed by atoms with E-state index in [2.05, 4.69) is 15.6 Å². The van der Waals surface area contributed by atoms with Crippen molar-refractivity contribution in [3.8, 4) is 0 Å². The van der Waals surface area contributed by atoms with E-state index in [-0.39, 0.29) is 24.9 Å². The molecular weight excluding hydrogens is 196 g/mol. The maximum atomic E-state index is 11.2. The van der Waals surface area contributed by atoms with Gasteiger partial charge in [-0.2, -0.15) is 0 Å². The molecule has 0 aliphatic carbocycles. The number of nitrogens with one attached hydrogen (secondary N) is 2. The summed E-state index contributed by atoms with van der Waals surface area (Å²) in [4.78, 5) is 25.8. The highest BCUT2D eigenvalue weighted by molar-refractivity contribution is 5.94. The van der Waals surface area contributed by atoms with Gasteiger partial charge in [0.2, 0.25) is 11.8 Å². The fourth-order valence-electron chi connectivity index (χ4n) is 0.893. The van der Waals surface area contributed by atoms with E-state index in [1.807, 2.05) is 0 Å². The molecule has 6 heteroatoms. The zero-order chi connectivity index (χ0) is 11.1. The lowest BCUT2D eigenvalue weighted by Gasteiger charge is -2.05. The molecule has 0 bridgehead atoms. The summed E-state index contributed by atoms with van der Waals surface area (Å²) in [7, 11) is 0. The van der Waals surface area contributed by atoms with Crippen LogP contribution in [0, 0.1) is 0 Å². The maximum absolute atomic E-state index is 11.2. The van der Waals surface area contributed by atoms with Crippen LogP contribution in [-0.2, 0) is 9.59 Å². The fourth-order valence-corrected chi connectivity index (χ4v) is 0.893. The van der Waals surface area contributed by atoms with E-state index in [1.54, 1.807) is 18.3 Å². The first-order valence-electron chi connectivity index (χ1n) is 4.39. The predicted molar refractivity (Wildman–Crippen MR) is 54.9 cm³/mol. The van der Waals surface area contributed by atoms with Crippen LogP contribution in [-0.4, -0.2) is 29.9 Å². The number of aromatic nitrogens is 1. The Morgan fingerprint density at radius 3 is 2.80 bits per heavy atom. The molecule has 0 radical (unpaired) electrons. The van der Waals surface area contributed by atoms with Crippen LogP contribution in [0.5, 0.6) is 0 Å². The van der Waals surface area contributed by atoms with Crippen molar-refractivity contribution >= 4 is 17.5 Å². The minimum atomic E-state index is -0.365. The molecule has 2 amide bonds. The Labute approximate surface area is 86.9 Å². The number of nitrogens with zero attached hydrogens (tertiary/aromatic N) is 1. The second kappa shape index (κ2) is 5.71. The molecule has 1 aromatic rings. The van der Waals surface area contributed by atoms with Crippen LogP contribution < -0.4 is 16.4 Å². The molecule has 0 aliphatic rings. The van der Waals surface area contributed by atoms with Crippen molar-refractivity contribution < 1.29 is 9.59 Å². The quantitative estimate of drug-likeness (QED) is 0.597. The molecule has 0 atom stereocenters. The van der Waals surface area contributed by atoms with Gasteiger partial charge in [0.05, 0.1) is 25.0 Å². The van der Waals surface area contributed by atoms with Crippen molar-refractivity contribution in [1.82, 2.24) is 10.3 Å². The smallest absolute Gasteiger partial charge is 0.243 e. The molecular formula is C9H12N4O2. The summed E-state index contributed by atoms with van der Waals surface area (Å²) in [6.45, 7) is -0.217. The molecule has 6 nitrogen and oxygen atoms in total. The van der Waals surface area contributed by atoms with Gasteiger partial charge >= 0.3 is 0 Å². The lowest BCUT2D eigenvalue weighted by molar-refractivity contribution is -0.123. The SMILES string of the molecule is NCC(=O)NCC(=O)Nc1cccnc1. The first-order chi connectivity index (χ1) is 7.22. The second-order valence-electron chi connectivity index (χ2n) is 2.77. The summed E-state index contributed by atoms with van der Waals surface area (Å²) >= 11 is 0. The third kappa shape index (κ3) is 4.19. The maximum Gasteiger partial charge on any atom is 0.243 e. The van der Waals surface area contributed by atoms with Crippen molar-refractivity contribution in [2.45, 2.75) is 0 Å². The van der Waals surface area contributed by atoms with Gasteiger partial charge in [0.25, 0.3) is 0 Å². The standard InChI is InChI=1S/C9H12N4O2/c10-4-8(14)12-6-9(15)13-7-2-1-3-11-5-7/h1-3,5H,4,6,10H2,(H,12,14)(H,13,15). The van der Waals surface area contributed by atoms with Crippen molar-refractivity contribution in [2.75, 3.05) is 18.4 Å². The number of carbonyl (C=O) groups is 2. The highest BCUT2D eigenvalue weighted by Gasteiger charge is 2.03. The number of nitrogens with two attached hydrogens (primary N) is 1. The fraction of sp³-hybridized carbons (Fsp3) is 0.222.